The number of anilines is 2. The van der Waals surface area contributed by atoms with Crippen molar-refractivity contribution in [3.63, 3.8) is 0 Å². The number of halogens is 2. The third-order valence-electron chi connectivity index (χ3n) is 3.36. The summed E-state index contributed by atoms with van der Waals surface area (Å²) < 4.78 is 14.8. The van der Waals surface area contributed by atoms with E-state index in [4.69, 9.17) is 5.73 Å². The summed E-state index contributed by atoms with van der Waals surface area (Å²) in [7, 11) is 0. The number of para-hydroxylation sites is 1. The Morgan fingerprint density at radius 3 is 2.55 bits per heavy atom. The van der Waals surface area contributed by atoms with Gasteiger partial charge in [-0.15, -0.1) is 0 Å². The van der Waals surface area contributed by atoms with E-state index in [1.54, 1.807) is 12.1 Å². The molecule has 0 amide bonds. The highest BCUT2D eigenvalue weighted by molar-refractivity contribution is 9.10. The first-order valence-corrected chi connectivity index (χ1v) is 7.23. The van der Waals surface area contributed by atoms with E-state index in [9.17, 15) is 4.39 Å². The Kier molecular flexibility index (Phi) is 4.33. The SMILES string of the molecule is CC(C)(CNc1c(N)cccc1F)c1cccc(Br)c1. The lowest BCUT2D eigenvalue weighted by atomic mass is 9.84. The summed E-state index contributed by atoms with van der Waals surface area (Å²) in [5, 5.41) is 3.12. The van der Waals surface area contributed by atoms with Crippen molar-refractivity contribution in [3.05, 3.63) is 58.3 Å². The standard InChI is InChI=1S/C16H18BrFN2/c1-16(2,11-5-3-6-12(17)9-11)10-20-15-13(18)7-4-8-14(15)19/h3-9,20H,10,19H2,1-2H3. The molecule has 0 atom stereocenters. The monoisotopic (exact) mass is 336 g/mol. The molecule has 0 aliphatic heterocycles. The lowest BCUT2D eigenvalue weighted by molar-refractivity contribution is 0.553. The molecule has 0 saturated carbocycles. The fourth-order valence-corrected chi connectivity index (χ4v) is 2.45. The van der Waals surface area contributed by atoms with Crippen molar-refractivity contribution in [1.29, 1.82) is 0 Å². The van der Waals surface area contributed by atoms with Crippen molar-refractivity contribution in [2.75, 3.05) is 17.6 Å². The summed E-state index contributed by atoms with van der Waals surface area (Å²) in [6, 6.07) is 12.8. The zero-order valence-electron chi connectivity index (χ0n) is 11.6. The van der Waals surface area contributed by atoms with Crippen molar-refractivity contribution < 1.29 is 4.39 Å². The normalized spacial score (nSPS) is 11.4. The van der Waals surface area contributed by atoms with Crippen LogP contribution in [0.4, 0.5) is 15.8 Å². The summed E-state index contributed by atoms with van der Waals surface area (Å²) >= 11 is 3.47. The third kappa shape index (κ3) is 3.31. The molecule has 106 valence electrons. The summed E-state index contributed by atoms with van der Waals surface area (Å²) in [5.41, 5.74) is 7.64. The van der Waals surface area contributed by atoms with Crippen LogP contribution in [-0.2, 0) is 5.41 Å². The van der Waals surface area contributed by atoms with Gasteiger partial charge in [-0.05, 0) is 29.8 Å². The van der Waals surface area contributed by atoms with Crippen molar-refractivity contribution in [3.8, 4) is 0 Å². The van der Waals surface area contributed by atoms with Gasteiger partial charge in [-0.2, -0.15) is 0 Å². The first-order chi connectivity index (χ1) is 9.40. The summed E-state index contributed by atoms with van der Waals surface area (Å²) in [4.78, 5) is 0. The molecule has 2 nitrogen and oxygen atoms in total. The minimum absolute atomic E-state index is 0.140. The molecule has 2 aromatic rings. The Morgan fingerprint density at radius 1 is 1.20 bits per heavy atom. The Labute approximate surface area is 127 Å². The largest absolute Gasteiger partial charge is 0.397 e. The van der Waals surface area contributed by atoms with Crippen LogP contribution in [0.25, 0.3) is 0 Å². The van der Waals surface area contributed by atoms with Crippen LogP contribution < -0.4 is 11.1 Å². The molecule has 0 saturated heterocycles. The van der Waals surface area contributed by atoms with Gasteiger partial charge < -0.3 is 11.1 Å². The van der Waals surface area contributed by atoms with E-state index < -0.39 is 0 Å². The number of hydrogen-bond donors (Lipinski definition) is 2. The van der Waals surface area contributed by atoms with Crippen molar-refractivity contribution >= 4 is 27.3 Å². The molecular weight excluding hydrogens is 319 g/mol. The lowest BCUT2D eigenvalue weighted by Crippen LogP contribution is -2.28. The fourth-order valence-electron chi connectivity index (χ4n) is 2.05. The Morgan fingerprint density at radius 2 is 1.90 bits per heavy atom. The predicted molar refractivity (Wildman–Crippen MR) is 86.5 cm³/mol. The third-order valence-corrected chi connectivity index (χ3v) is 3.85. The second kappa shape index (κ2) is 5.83. The van der Waals surface area contributed by atoms with Crippen LogP contribution in [0.15, 0.2) is 46.9 Å². The number of nitrogen functional groups attached to an aromatic ring is 1. The summed E-state index contributed by atoms with van der Waals surface area (Å²) in [6.45, 7) is 4.81. The molecule has 3 N–H and O–H groups in total. The lowest BCUT2D eigenvalue weighted by Gasteiger charge is -2.27. The van der Waals surface area contributed by atoms with Gasteiger partial charge in [0.05, 0.1) is 11.4 Å². The smallest absolute Gasteiger partial charge is 0.148 e. The molecule has 0 unspecified atom stereocenters. The summed E-state index contributed by atoms with van der Waals surface area (Å²) in [6.07, 6.45) is 0. The van der Waals surface area contributed by atoms with Gasteiger partial charge in [0, 0.05) is 16.4 Å². The van der Waals surface area contributed by atoms with E-state index in [2.05, 4.69) is 47.2 Å². The van der Waals surface area contributed by atoms with Gasteiger partial charge in [-0.3, -0.25) is 0 Å². The van der Waals surface area contributed by atoms with E-state index >= 15 is 0 Å². The van der Waals surface area contributed by atoms with E-state index in [-0.39, 0.29) is 11.2 Å². The van der Waals surface area contributed by atoms with E-state index in [1.807, 2.05) is 12.1 Å². The van der Waals surface area contributed by atoms with Crippen molar-refractivity contribution in [2.45, 2.75) is 19.3 Å². The van der Waals surface area contributed by atoms with Crippen molar-refractivity contribution in [1.82, 2.24) is 0 Å². The molecule has 0 radical (unpaired) electrons. The Balaban J connectivity index is 2.17. The van der Waals surface area contributed by atoms with Gasteiger partial charge >= 0.3 is 0 Å². The molecule has 4 heteroatoms. The highest BCUT2D eigenvalue weighted by Crippen LogP contribution is 2.28. The molecule has 20 heavy (non-hydrogen) atoms. The van der Waals surface area contributed by atoms with Crippen LogP contribution in [0.2, 0.25) is 0 Å². The summed E-state index contributed by atoms with van der Waals surface area (Å²) in [5.74, 6) is -0.324. The number of hydrogen-bond acceptors (Lipinski definition) is 2. The molecule has 0 spiro atoms. The van der Waals surface area contributed by atoms with Crippen LogP contribution in [0.3, 0.4) is 0 Å². The number of rotatable bonds is 4. The van der Waals surface area contributed by atoms with Crippen LogP contribution in [0, 0.1) is 5.82 Å². The molecular formula is C16H18BrFN2. The van der Waals surface area contributed by atoms with Crippen LogP contribution in [-0.4, -0.2) is 6.54 Å². The predicted octanol–water partition coefficient (Wildman–Crippen LogP) is 4.56. The highest BCUT2D eigenvalue weighted by atomic mass is 79.9. The van der Waals surface area contributed by atoms with Gasteiger partial charge in [-0.1, -0.05) is 48.0 Å². The average Bonchev–Trinajstić information content (AvgIpc) is 2.38. The van der Waals surface area contributed by atoms with Gasteiger partial charge in [0.15, 0.2) is 0 Å². The van der Waals surface area contributed by atoms with Gasteiger partial charge in [0.2, 0.25) is 0 Å². The maximum absolute atomic E-state index is 13.7. The minimum Gasteiger partial charge on any atom is -0.397 e. The minimum atomic E-state index is -0.324. The van der Waals surface area contributed by atoms with Crippen molar-refractivity contribution in [2.24, 2.45) is 0 Å². The second-order valence-corrected chi connectivity index (χ2v) is 6.37. The molecule has 0 aromatic heterocycles. The number of nitrogens with two attached hydrogens (primary N) is 1. The van der Waals surface area contributed by atoms with Crippen LogP contribution >= 0.6 is 15.9 Å². The molecule has 0 bridgehead atoms. The second-order valence-electron chi connectivity index (χ2n) is 5.45. The topological polar surface area (TPSA) is 38.0 Å². The van der Waals surface area contributed by atoms with E-state index in [0.717, 1.165) is 4.47 Å². The quantitative estimate of drug-likeness (QED) is 0.803. The molecule has 0 heterocycles. The van der Waals surface area contributed by atoms with Gasteiger partial charge in [0.1, 0.15) is 5.82 Å². The first kappa shape index (κ1) is 14.9. The molecule has 0 fully saturated rings. The number of benzene rings is 2. The molecule has 2 aromatic carbocycles. The van der Waals surface area contributed by atoms with Crippen LogP contribution in [0.5, 0.6) is 0 Å². The maximum atomic E-state index is 13.7. The molecule has 0 aliphatic carbocycles. The maximum Gasteiger partial charge on any atom is 0.148 e. The van der Waals surface area contributed by atoms with Crippen LogP contribution in [0.1, 0.15) is 19.4 Å². The Hall–Kier alpha value is -1.55. The molecule has 0 aliphatic rings. The zero-order valence-corrected chi connectivity index (χ0v) is 13.2. The number of nitrogens with one attached hydrogen (secondary N) is 1. The highest BCUT2D eigenvalue weighted by Gasteiger charge is 2.21. The Bertz CT molecular complexity index is 591. The zero-order chi connectivity index (χ0) is 14.8. The van der Waals surface area contributed by atoms with E-state index in [0.29, 0.717) is 17.9 Å². The fraction of sp³-hybridized carbons (Fsp3) is 0.250. The van der Waals surface area contributed by atoms with Gasteiger partial charge in [0.25, 0.3) is 0 Å². The first-order valence-electron chi connectivity index (χ1n) is 6.44. The average molecular weight is 337 g/mol. The van der Waals surface area contributed by atoms with Gasteiger partial charge in [-0.25, -0.2) is 4.39 Å². The van der Waals surface area contributed by atoms with E-state index in [1.165, 1.54) is 11.6 Å². The molecule has 2 rings (SSSR count).